The topological polar surface area (TPSA) is 23.6 Å². The van der Waals surface area contributed by atoms with Crippen molar-refractivity contribution in [3.05, 3.63) is 165 Å². The highest BCUT2D eigenvalue weighted by atomic mass is 35.5. The number of benzene rings is 4. The van der Waals surface area contributed by atoms with Crippen LogP contribution in [-0.2, 0) is 4.79 Å². The summed E-state index contributed by atoms with van der Waals surface area (Å²) in [5.41, 5.74) is 4.78. The number of nitrogens with zero attached hydrogens (tertiary/aromatic N) is 2. The number of halogens is 4. The molecule has 2 heterocycles. The molecular formula is C55H68Cl4N2O. The Kier molecular flexibility index (Phi) is 16.3. The summed E-state index contributed by atoms with van der Waals surface area (Å²) in [6.45, 7) is 18.4. The van der Waals surface area contributed by atoms with Crippen LogP contribution in [0.3, 0.4) is 0 Å². The first-order valence-electron chi connectivity index (χ1n) is 22.5. The van der Waals surface area contributed by atoms with Crippen molar-refractivity contribution >= 4 is 52.3 Å². The minimum atomic E-state index is -0.469. The molecule has 62 heavy (non-hydrogen) atoms. The zero-order valence-electron chi connectivity index (χ0n) is 36.5. The molecule has 2 aliphatic carbocycles. The van der Waals surface area contributed by atoms with Crippen LogP contribution >= 0.6 is 46.4 Å². The van der Waals surface area contributed by atoms with E-state index in [1.54, 1.807) is 0 Å². The first-order chi connectivity index (χ1) is 29.2. The number of carbonyl (C=O) groups is 1. The van der Waals surface area contributed by atoms with E-state index in [0.717, 1.165) is 65.2 Å². The van der Waals surface area contributed by atoms with Crippen LogP contribution in [0.5, 0.6) is 0 Å². The summed E-state index contributed by atoms with van der Waals surface area (Å²) in [6.07, 6.45) is 14.8. The number of hydrogen-bond donors (Lipinski definition) is 0. The summed E-state index contributed by atoms with van der Waals surface area (Å²) < 4.78 is 0. The molecule has 1 amide bonds. The van der Waals surface area contributed by atoms with Gasteiger partial charge in [0, 0.05) is 56.6 Å². The van der Waals surface area contributed by atoms with Crippen LogP contribution in [0.15, 0.2) is 122 Å². The molecule has 4 aliphatic rings. The predicted molar refractivity (Wildman–Crippen MR) is 266 cm³/mol. The maximum Gasteiger partial charge on any atom is 0.229 e. The minimum Gasteiger partial charge on any atom is -0.332 e. The van der Waals surface area contributed by atoms with Crippen LogP contribution in [-0.4, -0.2) is 34.3 Å². The van der Waals surface area contributed by atoms with E-state index in [1.807, 2.05) is 48.5 Å². The molecule has 8 rings (SSSR count). The Morgan fingerprint density at radius 3 is 1.56 bits per heavy atom. The third kappa shape index (κ3) is 10.9. The van der Waals surface area contributed by atoms with Gasteiger partial charge < -0.3 is 4.90 Å². The lowest BCUT2D eigenvalue weighted by Gasteiger charge is -2.52. The average molecular weight is 915 g/mol. The highest BCUT2D eigenvalue weighted by Gasteiger charge is 2.52. The zero-order valence-corrected chi connectivity index (χ0v) is 39.5. The Balaban J connectivity index is 0.000000204. The van der Waals surface area contributed by atoms with Gasteiger partial charge in [-0.2, -0.15) is 0 Å². The molecule has 3 nitrogen and oxygen atoms in total. The quantitative estimate of drug-likeness (QED) is 0.148. The summed E-state index contributed by atoms with van der Waals surface area (Å²) in [7, 11) is 0. The average Bonchev–Trinajstić information content (AvgIpc) is 3.87. The van der Waals surface area contributed by atoms with Crippen LogP contribution in [0.25, 0.3) is 0 Å². The van der Waals surface area contributed by atoms with E-state index < -0.39 is 5.41 Å². The van der Waals surface area contributed by atoms with Gasteiger partial charge in [0.25, 0.3) is 0 Å². The molecule has 332 valence electrons. The molecule has 10 atom stereocenters. The molecule has 4 unspecified atom stereocenters. The van der Waals surface area contributed by atoms with Crippen molar-refractivity contribution in [3.63, 3.8) is 0 Å². The molecule has 2 saturated carbocycles. The van der Waals surface area contributed by atoms with Gasteiger partial charge in [-0.15, -0.1) is 13.2 Å². The monoisotopic (exact) mass is 912 g/mol. The van der Waals surface area contributed by atoms with Crippen molar-refractivity contribution in [2.24, 2.45) is 22.7 Å². The molecule has 4 aromatic carbocycles. The summed E-state index contributed by atoms with van der Waals surface area (Å²) in [6, 6.07) is 34.4. The van der Waals surface area contributed by atoms with Crippen molar-refractivity contribution in [1.82, 2.24) is 9.80 Å². The van der Waals surface area contributed by atoms with Crippen molar-refractivity contribution in [1.29, 1.82) is 0 Å². The second kappa shape index (κ2) is 20.8. The van der Waals surface area contributed by atoms with Crippen LogP contribution in [0.4, 0.5) is 0 Å². The Morgan fingerprint density at radius 1 is 0.613 bits per heavy atom. The number of amides is 1. The summed E-state index contributed by atoms with van der Waals surface area (Å²) in [5, 5.41) is 3.06. The SMILES string of the molecule is C.C=CCC1(C)C[C@H](c2cccc(Cl)c2)[C@@H](c2ccc(Cl)cc2)N(C2CC[C@@H](C)C2)C1.C=CCC1(C)C[C@H](c2cccc(Cl)c2)[C@@H](c2ccc(Cl)cc2)N(C2CC[C@H](C)C2)C1=O. The van der Waals surface area contributed by atoms with Crippen molar-refractivity contribution < 1.29 is 4.79 Å². The largest absolute Gasteiger partial charge is 0.332 e. The Labute approximate surface area is 393 Å². The van der Waals surface area contributed by atoms with Crippen molar-refractivity contribution in [3.8, 4) is 0 Å². The Morgan fingerprint density at radius 2 is 1.10 bits per heavy atom. The fourth-order valence-corrected chi connectivity index (χ4v) is 12.3. The molecule has 7 heteroatoms. The first kappa shape index (κ1) is 48.4. The molecule has 0 radical (unpaired) electrons. The molecule has 0 N–H and O–H groups in total. The number of piperidine rings is 2. The van der Waals surface area contributed by atoms with E-state index in [0.29, 0.717) is 35.4 Å². The fraction of sp³-hybridized carbons (Fsp3) is 0.473. The van der Waals surface area contributed by atoms with E-state index in [2.05, 4.69) is 111 Å². The van der Waals surface area contributed by atoms with Gasteiger partial charge >= 0.3 is 0 Å². The molecule has 4 fully saturated rings. The normalized spacial score (nSPS) is 31.2. The minimum absolute atomic E-state index is 0. The molecule has 0 aromatic heterocycles. The van der Waals surface area contributed by atoms with Gasteiger partial charge in [-0.3, -0.25) is 9.69 Å². The standard InChI is InChI=1S/C27H31Cl2NO.C27H33Cl2N.CH4/c1-4-14-27(3)17-24(20-6-5-7-22(29)16-20)25(19-9-11-21(28)12-10-19)30(26(27)31)23-13-8-18(2)15-23;1-4-14-27(3)17-25(21-6-5-7-23(29)16-21)26(20-9-11-22(28)12-10-20)30(18-27)24-13-8-19(2)15-24;/h4-7,9-12,16,18,23-25H,1,8,13-15,17H2,2-3H3;4-7,9-12,16,19,24-26H,1,8,13-15,17-18H2,2-3H3;1H4/t18-,23?,24+,25+,27?;19-,24?,25-,26-,27?;/m01./s1. The molecule has 0 spiro atoms. The van der Waals surface area contributed by atoms with E-state index in [4.69, 9.17) is 46.4 Å². The van der Waals surface area contributed by atoms with Crippen LogP contribution in [0, 0.1) is 22.7 Å². The smallest absolute Gasteiger partial charge is 0.229 e. The molecule has 4 aromatic rings. The maximum absolute atomic E-state index is 14.1. The summed E-state index contributed by atoms with van der Waals surface area (Å²) in [4.78, 5) is 19.1. The lowest BCUT2D eigenvalue weighted by Crippen LogP contribution is -2.55. The fourth-order valence-electron chi connectivity index (χ4n) is 11.6. The van der Waals surface area contributed by atoms with Crippen LogP contribution in [0.2, 0.25) is 20.1 Å². The van der Waals surface area contributed by atoms with Gasteiger partial charge in [0.15, 0.2) is 0 Å². The number of allylic oxidation sites excluding steroid dienone is 2. The van der Waals surface area contributed by atoms with Crippen LogP contribution < -0.4 is 0 Å². The van der Waals surface area contributed by atoms with Gasteiger partial charge in [0.1, 0.15) is 0 Å². The van der Waals surface area contributed by atoms with E-state index in [-0.39, 0.29) is 36.8 Å². The molecule has 2 saturated heterocycles. The molecule has 0 bridgehead atoms. The highest BCUT2D eigenvalue weighted by Crippen LogP contribution is 2.55. The van der Waals surface area contributed by atoms with Crippen molar-refractivity contribution in [2.45, 2.75) is 135 Å². The Bertz CT molecular complexity index is 2140. The second-order valence-electron chi connectivity index (χ2n) is 19.6. The predicted octanol–water partition coefficient (Wildman–Crippen LogP) is 16.8. The van der Waals surface area contributed by atoms with Gasteiger partial charge in [0.05, 0.1) is 11.5 Å². The van der Waals surface area contributed by atoms with E-state index in [9.17, 15) is 4.79 Å². The highest BCUT2D eigenvalue weighted by molar-refractivity contribution is 6.31. The van der Waals surface area contributed by atoms with E-state index in [1.165, 1.54) is 42.4 Å². The number of carbonyl (C=O) groups excluding carboxylic acids is 1. The lowest BCUT2D eigenvalue weighted by molar-refractivity contribution is -0.154. The molecule has 2 aliphatic heterocycles. The zero-order chi connectivity index (χ0) is 43.5. The number of rotatable bonds is 10. The third-order valence-electron chi connectivity index (χ3n) is 14.5. The maximum atomic E-state index is 14.1. The first-order valence-corrected chi connectivity index (χ1v) is 24.0. The van der Waals surface area contributed by atoms with E-state index >= 15 is 0 Å². The van der Waals surface area contributed by atoms with Gasteiger partial charge in [-0.25, -0.2) is 0 Å². The summed E-state index contributed by atoms with van der Waals surface area (Å²) >= 11 is 25.3. The molecular weight excluding hydrogens is 846 g/mol. The Hall–Kier alpha value is -3.05. The summed E-state index contributed by atoms with van der Waals surface area (Å²) in [5.74, 6) is 2.24. The van der Waals surface area contributed by atoms with Gasteiger partial charge in [-0.05, 0) is 152 Å². The van der Waals surface area contributed by atoms with Gasteiger partial charge in [-0.1, -0.05) is 142 Å². The third-order valence-corrected chi connectivity index (χ3v) is 15.5. The second-order valence-corrected chi connectivity index (χ2v) is 21.4. The lowest BCUT2D eigenvalue weighted by atomic mass is 9.67. The van der Waals surface area contributed by atoms with Crippen LogP contribution in [0.1, 0.15) is 146 Å². The van der Waals surface area contributed by atoms with Gasteiger partial charge in [0.2, 0.25) is 5.91 Å². The number of hydrogen-bond acceptors (Lipinski definition) is 2. The number of likely N-dealkylation sites (tertiary alicyclic amines) is 2. The van der Waals surface area contributed by atoms with Crippen molar-refractivity contribution in [2.75, 3.05) is 6.54 Å².